The molecule has 0 spiro atoms. The van der Waals surface area contributed by atoms with Gasteiger partial charge in [0, 0.05) is 25.7 Å². The molecule has 0 saturated carbocycles. The first-order valence-electron chi connectivity index (χ1n) is 32.3. The van der Waals surface area contributed by atoms with Gasteiger partial charge in [-0.3, -0.25) is 37.3 Å². The summed E-state index contributed by atoms with van der Waals surface area (Å²) in [7, 11) is -9.87. The van der Waals surface area contributed by atoms with E-state index in [1.54, 1.807) is 0 Å². The van der Waals surface area contributed by atoms with E-state index in [4.69, 9.17) is 37.0 Å². The van der Waals surface area contributed by atoms with Crippen LogP contribution in [-0.4, -0.2) is 96.7 Å². The number of ether oxygens (including phenoxy) is 4. The molecule has 0 aliphatic heterocycles. The fraction of sp³-hybridized carbons (Fsp3) is 0.934. The summed E-state index contributed by atoms with van der Waals surface area (Å²) in [5, 5.41) is 10.5. The van der Waals surface area contributed by atoms with Crippen LogP contribution in [0.3, 0.4) is 0 Å². The minimum atomic E-state index is -4.94. The van der Waals surface area contributed by atoms with Crippen LogP contribution < -0.4 is 0 Å². The lowest BCUT2D eigenvalue weighted by Gasteiger charge is -2.21. The maximum Gasteiger partial charge on any atom is 0.472 e. The molecular weight excluding hydrogens is 1070 g/mol. The Bertz CT molecular complexity index is 1550. The molecule has 0 radical (unpaired) electrons. The van der Waals surface area contributed by atoms with Crippen LogP contribution in [0.2, 0.25) is 0 Å². The highest BCUT2D eigenvalue weighted by atomic mass is 31.2. The lowest BCUT2D eigenvalue weighted by atomic mass is 10.0. The molecule has 474 valence electrons. The van der Waals surface area contributed by atoms with Gasteiger partial charge in [0.15, 0.2) is 12.2 Å². The third-order valence-corrected chi connectivity index (χ3v) is 16.0. The monoisotopic (exact) mass is 1180 g/mol. The zero-order valence-corrected chi connectivity index (χ0v) is 52.8. The van der Waals surface area contributed by atoms with E-state index in [9.17, 15) is 43.2 Å². The molecule has 0 heterocycles. The molecule has 0 aromatic carbocycles. The van der Waals surface area contributed by atoms with Crippen LogP contribution in [0.15, 0.2) is 0 Å². The Kier molecular flexibility index (Phi) is 54.8. The number of hydrogen-bond acceptors (Lipinski definition) is 15. The van der Waals surface area contributed by atoms with Crippen molar-refractivity contribution < 1.29 is 80.2 Å². The Morgan fingerprint density at radius 2 is 0.500 bits per heavy atom. The molecule has 80 heavy (non-hydrogen) atoms. The summed E-state index contributed by atoms with van der Waals surface area (Å²) < 4.78 is 67.7. The highest BCUT2D eigenvalue weighted by molar-refractivity contribution is 7.47. The highest BCUT2D eigenvalue weighted by Gasteiger charge is 2.30. The largest absolute Gasteiger partial charge is 0.472 e. The van der Waals surface area contributed by atoms with Crippen LogP contribution >= 0.6 is 15.6 Å². The zero-order chi connectivity index (χ0) is 59.1. The second-order valence-corrected chi connectivity index (χ2v) is 25.0. The topological polar surface area (TPSA) is 237 Å². The molecule has 5 atom stereocenters. The predicted molar refractivity (Wildman–Crippen MR) is 317 cm³/mol. The Labute approximate surface area is 486 Å². The van der Waals surface area contributed by atoms with Gasteiger partial charge in [-0.15, -0.1) is 0 Å². The number of phosphoric ester groups is 2. The molecule has 0 saturated heterocycles. The van der Waals surface area contributed by atoms with Crippen molar-refractivity contribution in [3.63, 3.8) is 0 Å². The minimum absolute atomic E-state index is 0.105. The second kappa shape index (κ2) is 56.2. The van der Waals surface area contributed by atoms with E-state index >= 15 is 0 Å². The van der Waals surface area contributed by atoms with Gasteiger partial charge in [0.05, 0.1) is 26.4 Å². The first-order chi connectivity index (χ1) is 38.7. The maximum atomic E-state index is 12.9. The summed E-state index contributed by atoms with van der Waals surface area (Å²) in [4.78, 5) is 71.9. The van der Waals surface area contributed by atoms with Gasteiger partial charge >= 0.3 is 39.5 Å². The quantitative estimate of drug-likeness (QED) is 0.0222. The van der Waals surface area contributed by atoms with E-state index in [1.807, 2.05) is 0 Å². The van der Waals surface area contributed by atoms with Gasteiger partial charge in [0.25, 0.3) is 0 Å². The van der Waals surface area contributed by atoms with Crippen LogP contribution in [0, 0.1) is 0 Å². The van der Waals surface area contributed by atoms with E-state index in [-0.39, 0.29) is 25.7 Å². The summed E-state index contributed by atoms with van der Waals surface area (Å²) in [6.45, 7) is 4.82. The number of phosphoric acid groups is 2. The number of hydrogen-bond donors (Lipinski definition) is 3. The summed E-state index contributed by atoms with van der Waals surface area (Å²) in [5.74, 6) is -2.14. The van der Waals surface area contributed by atoms with Gasteiger partial charge in [0.1, 0.15) is 19.3 Å². The number of carbonyl (C=O) groups excluding carboxylic acids is 4. The van der Waals surface area contributed by atoms with E-state index in [1.165, 1.54) is 128 Å². The van der Waals surface area contributed by atoms with Crippen molar-refractivity contribution in [2.24, 2.45) is 0 Å². The van der Waals surface area contributed by atoms with E-state index in [0.29, 0.717) is 25.7 Å². The Morgan fingerprint density at radius 3 is 0.738 bits per heavy atom. The summed E-state index contributed by atoms with van der Waals surface area (Å²) in [5.41, 5.74) is 0. The van der Waals surface area contributed by atoms with Crippen molar-refractivity contribution in [1.29, 1.82) is 0 Å². The third-order valence-electron chi connectivity index (χ3n) is 14.1. The lowest BCUT2D eigenvalue weighted by molar-refractivity contribution is -0.161. The molecule has 3 N–H and O–H groups in total. The molecule has 0 aromatic rings. The average molecular weight is 1190 g/mol. The van der Waals surface area contributed by atoms with Crippen molar-refractivity contribution in [1.82, 2.24) is 0 Å². The fourth-order valence-corrected chi connectivity index (χ4v) is 10.7. The van der Waals surface area contributed by atoms with Crippen LogP contribution in [-0.2, 0) is 65.4 Å². The second-order valence-electron chi connectivity index (χ2n) is 22.1. The maximum absolute atomic E-state index is 12.9. The molecule has 17 nitrogen and oxygen atoms in total. The number of carbonyl (C=O) groups is 4. The van der Waals surface area contributed by atoms with Gasteiger partial charge in [-0.1, -0.05) is 259 Å². The van der Waals surface area contributed by atoms with Crippen molar-refractivity contribution in [2.45, 2.75) is 329 Å². The Balaban J connectivity index is 5.19. The smallest absolute Gasteiger partial charge is 0.462 e. The highest BCUT2D eigenvalue weighted by Crippen LogP contribution is 2.45. The lowest BCUT2D eigenvalue weighted by Crippen LogP contribution is -2.30. The molecular formula is C61H118O17P2. The molecule has 0 aliphatic rings. The standard InChI is InChI=1S/C61H118O17P2/c1-5-9-13-17-21-25-27-28-29-30-32-36-40-44-48-61(66)78-57(52-72-59(64)46-42-38-35-31-26-22-18-14-10-6-2)54-76-80(69,70)74-50-55(62)49-73-79(67,68)75-53-56(77-60(65)47-43-39-34-24-20-16-12-8-4)51-71-58(63)45-41-37-33-23-19-15-11-7-3/h55-57,62H,5-54H2,1-4H3,(H,67,68)(H,69,70)/t55-,56+,57+/m0/s1. The summed E-state index contributed by atoms with van der Waals surface area (Å²) in [6, 6.07) is 0. The van der Waals surface area contributed by atoms with E-state index < -0.39 is 97.5 Å². The molecule has 0 amide bonds. The molecule has 0 aromatic heterocycles. The SMILES string of the molecule is CCCCCCCCCCCCCCCCC(=O)O[C@H](COC(=O)CCCCCCCCCCCC)COP(=O)(O)OC[C@@H](O)COP(=O)(O)OC[C@@H](COC(=O)CCCCCCCCCC)OC(=O)CCCCCCCCCC. The van der Waals surface area contributed by atoms with Crippen molar-refractivity contribution in [2.75, 3.05) is 39.6 Å². The number of esters is 4. The summed E-state index contributed by atoms with van der Waals surface area (Å²) in [6.07, 6.45) is 40.3. The van der Waals surface area contributed by atoms with Gasteiger partial charge in [-0.05, 0) is 25.7 Å². The van der Waals surface area contributed by atoms with Crippen LogP contribution in [0.25, 0.3) is 0 Å². The Hall–Kier alpha value is -1.94. The van der Waals surface area contributed by atoms with Crippen molar-refractivity contribution in [3.8, 4) is 0 Å². The van der Waals surface area contributed by atoms with Gasteiger partial charge in [-0.25, -0.2) is 9.13 Å². The van der Waals surface area contributed by atoms with Crippen molar-refractivity contribution in [3.05, 3.63) is 0 Å². The van der Waals surface area contributed by atoms with Gasteiger partial charge < -0.3 is 33.8 Å². The van der Waals surface area contributed by atoms with Gasteiger partial charge in [-0.2, -0.15) is 0 Å². The summed E-state index contributed by atoms with van der Waals surface area (Å²) >= 11 is 0. The van der Waals surface area contributed by atoms with Crippen molar-refractivity contribution >= 4 is 39.5 Å². The number of aliphatic hydroxyl groups is 1. The first kappa shape index (κ1) is 78.1. The zero-order valence-electron chi connectivity index (χ0n) is 51.0. The van der Waals surface area contributed by atoms with Crippen LogP contribution in [0.4, 0.5) is 0 Å². The number of aliphatic hydroxyl groups excluding tert-OH is 1. The number of unbranched alkanes of at least 4 members (excludes halogenated alkanes) is 36. The molecule has 2 unspecified atom stereocenters. The van der Waals surface area contributed by atoms with Crippen LogP contribution in [0.5, 0.6) is 0 Å². The molecule has 0 rings (SSSR count). The third kappa shape index (κ3) is 55.3. The van der Waals surface area contributed by atoms with Crippen LogP contribution in [0.1, 0.15) is 310 Å². The normalized spacial score (nSPS) is 14.2. The number of rotatable bonds is 62. The molecule has 19 heteroatoms. The Morgan fingerprint density at radius 1 is 0.300 bits per heavy atom. The predicted octanol–water partition coefficient (Wildman–Crippen LogP) is 16.8. The first-order valence-corrected chi connectivity index (χ1v) is 35.3. The fourth-order valence-electron chi connectivity index (χ4n) is 9.10. The van der Waals surface area contributed by atoms with E-state index in [2.05, 4.69) is 27.7 Å². The molecule has 0 fully saturated rings. The van der Waals surface area contributed by atoms with E-state index in [0.717, 1.165) is 103 Å². The minimum Gasteiger partial charge on any atom is -0.462 e. The molecule has 0 bridgehead atoms. The average Bonchev–Trinajstić information content (AvgIpc) is 3.43. The molecule has 0 aliphatic carbocycles. The van der Waals surface area contributed by atoms with Gasteiger partial charge in [0.2, 0.25) is 0 Å².